The minimum absolute atomic E-state index is 0.160. The van der Waals surface area contributed by atoms with Gasteiger partial charge in [0.15, 0.2) is 0 Å². The Labute approximate surface area is 165 Å². The van der Waals surface area contributed by atoms with Gasteiger partial charge in [0.2, 0.25) is 5.91 Å². The Bertz CT molecular complexity index is 1150. The molecule has 0 bridgehead atoms. The Morgan fingerprint density at radius 1 is 1.25 bits per heavy atom. The standard InChI is InChI=1S/C20H22FN3O3S/c1-4-5-9-22(3)17(25)12-23-16-8-10-28-18(16)19(26)24(20(23)27)14-6-7-15(21)13(2)11-14/h6-8,10-11H,4-5,9,12H2,1-3H3. The fourth-order valence-electron chi connectivity index (χ4n) is 3.01. The SMILES string of the molecule is CCCCN(C)C(=O)Cn1c(=O)n(-c2ccc(F)c(C)c2)c(=O)c2sccc21. The molecule has 0 aliphatic heterocycles. The van der Waals surface area contributed by atoms with Gasteiger partial charge in [-0.25, -0.2) is 13.8 Å². The molecule has 0 atom stereocenters. The van der Waals surface area contributed by atoms with Crippen LogP contribution in [-0.2, 0) is 11.3 Å². The second kappa shape index (κ2) is 8.10. The normalized spacial score (nSPS) is 11.1. The van der Waals surface area contributed by atoms with Gasteiger partial charge in [-0.3, -0.25) is 14.2 Å². The molecule has 0 aliphatic rings. The van der Waals surface area contributed by atoms with Crippen LogP contribution in [0.5, 0.6) is 0 Å². The summed E-state index contributed by atoms with van der Waals surface area (Å²) in [5.74, 6) is -0.620. The molecule has 0 saturated carbocycles. The lowest BCUT2D eigenvalue weighted by molar-refractivity contribution is -0.130. The summed E-state index contributed by atoms with van der Waals surface area (Å²) in [5, 5.41) is 1.72. The molecule has 0 unspecified atom stereocenters. The number of benzene rings is 1. The predicted octanol–water partition coefficient (Wildman–Crippen LogP) is 2.92. The van der Waals surface area contributed by atoms with Crippen LogP contribution in [0.1, 0.15) is 25.3 Å². The average molecular weight is 403 g/mol. The highest BCUT2D eigenvalue weighted by Crippen LogP contribution is 2.17. The number of amides is 1. The van der Waals surface area contributed by atoms with Crippen molar-refractivity contribution < 1.29 is 9.18 Å². The Hall–Kier alpha value is -2.74. The highest BCUT2D eigenvalue weighted by Gasteiger charge is 2.19. The number of likely N-dealkylation sites (N-methyl/N-ethyl adjacent to an activating group) is 1. The largest absolute Gasteiger partial charge is 0.344 e. The Morgan fingerprint density at radius 2 is 2.00 bits per heavy atom. The van der Waals surface area contributed by atoms with Gasteiger partial charge in [-0.2, -0.15) is 0 Å². The van der Waals surface area contributed by atoms with Gasteiger partial charge in [0.05, 0.1) is 11.2 Å². The molecule has 0 spiro atoms. The third-order valence-electron chi connectivity index (χ3n) is 4.72. The first-order valence-corrected chi connectivity index (χ1v) is 9.96. The van der Waals surface area contributed by atoms with E-state index in [4.69, 9.17) is 0 Å². The molecule has 3 aromatic rings. The number of aryl methyl sites for hydroxylation is 1. The molecule has 8 heteroatoms. The van der Waals surface area contributed by atoms with Crippen LogP contribution in [0.25, 0.3) is 15.9 Å². The molecular weight excluding hydrogens is 381 g/mol. The van der Waals surface area contributed by atoms with Crippen molar-refractivity contribution in [2.45, 2.75) is 33.2 Å². The van der Waals surface area contributed by atoms with E-state index in [9.17, 15) is 18.8 Å². The molecule has 0 radical (unpaired) electrons. The molecule has 148 valence electrons. The van der Waals surface area contributed by atoms with Gasteiger partial charge in [-0.1, -0.05) is 13.3 Å². The van der Waals surface area contributed by atoms with Gasteiger partial charge in [-0.05, 0) is 48.6 Å². The third-order valence-corrected chi connectivity index (χ3v) is 5.61. The molecule has 1 aromatic carbocycles. The summed E-state index contributed by atoms with van der Waals surface area (Å²) in [6, 6.07) is 5.74. The molecule has 2 aromatic heterocycles. The minimum atomic E-state index is -0.612. The highest BCUT2D eigenvalue weighted by molar-refractivity contribution is 7.17. The zero-order valence-corrected chi connectivity index (χ0v) is 16.9. The van der Waals surface area contributed by atoms with Crippen molar-refractivity contribution >= 4 is 27.5 Å². The van der Waals surface area contributed by atoms with Crippen LogP contribution in [0.3, 0.4) is 0 Å². The molecule has 0 aliphatic carbocycles. The summed E-state index contributed by atoms with van der Waals surface area (Å²) in [6.45, 7) is 4.05. The first-order valence-electron chi connectivity index (χ1n) is 9.08. The molecule has 0 saturated heterocycles. The lowest BCUT2D eigenvalue weighted by atomic mass is 10.2. The van der Waals surface area contributed by atoms with E-state index in [1.807, 2.05) is 6.92 Å². The number of hydrogen-bond donors (Lipinski definition) is 0. The smallest absolute Gasteiger partial charge is 0.336 e. The second-order valence-corrected chi connectivity index (χ2v) is 7.66. The van der Waals surface area contributed by atoms with Crippen molar-refractivity contribution in [3.8, 4) is 5.69 Å². The minimum Gasteiger partial charge on any atom is -0.344 e. The molecule has 0 fully saturated rings. The summed E-state index contributed by atoms with van der Waals surface area (Å²) in [7, 11) is 1.70. The summed E-state index contributed by atoms with van der Waals surface area (Å²) in [6.07, 6.45) is 1.83. The molecule has 1 amide bonds. The van der Waals surface area contributed by atoms with Crippen LogP contribution < -0.4 is 11.2 Å². The Balaban J connectivity index is 2.14. The maximum atomic E-state index is 13.6. The van der Waals surface area contributed by atoms with E-state index in [1.165, 1.54) is 34.1 Å². The highest BCUT2D eigenvalue weighted by atomic mass is 32.1. The summed E-state index contributed by atoms with van der Waals surface area (Å²) >= 11 is 1.21. The molecular formula is C20H22FN3O3S. The van der Waals surface area contributed by atoms with Crippen LogP contribution in [0.4, 0.5) is 4.39 Å². The fourth-order valence-corrected chi connectivity index (χ4v) is 3.84. The van der Waals surface area contributed by atoms with Gasteiger partial charge in [-0.15, -0.1) is 11.3 Å². The number of halogens is 1. The van der Waals surface area contributed by atoms with Crippen molar-refractivity contribution in [3.63, 3.8) is 0 Å². The average Bonchev–Trinajstić information content (AvgIpc) is 3.16. The lowest BCUT2D eigenvalue weighted by Crippen LogP contribution is -2.42. The van der Waals surface area contributed by atoms with E-state index in [-0.39, 0.29) is 18.1 Å². The van der Waals surface area contributed by atoms with Crippen LogP contribution in [-0.4, -0.2) is 33.5 Å². The number of nitrogens with zero attached hydrogens (tertiary/aromatic N) is 3. The molecule has 2 heterocycles. The van der Waals surface area contributed by atoms with Gasteiger partial charge in [0.25, 0.3) is 5.56 Å². The van der Waals surface area contributed by atoms with Gasteiger partial charge >= 0.3 is 5.69 Å². The van der Waals surface area contributed by atoms with E-state index in [1.54, 1.807) is 30.3 Å². The zero-order chi connectivity index (χ0) is 20.4. The van der Waals surface area contributed by atoms with E-state index < -0.39 is 17.1 Å². The van der Waals surface area contributed by atoms with Crippen LogP contribution in [0.2, 0.25) is 0 Å². The van der Waals surface area contributed by atoms with Gasteiger partial charge in [0, 0.05) is 13.6 Å². The second-order valence-electron chi connectivity index (χ2n) is 6.75. The number of fused-ring (bicyclic) bond motifs is 1. The van der Waals surface area contributed by atoms with Crippen molar-refractivity contribution in [2.75, 3.05) is 13.6 Å². The fraction of sp³-hybridized carbons (Fsp3) is 0.350. The number of aromatic nitrogens is 2. The van der Waals surface area contributed by atoms with Crippen molar-refractivity contribution in [3.05, 3.63) is 61.9 Å². The van der Waals surface area contributed by atoms with Crippen molar-refractivity contribution in [1.82, 2.24) is 14.0 Å². The van der Waals surface area contributed by atoms with E-state index >= 15 is 0 Å². The van der Waals surface area contributed by atoms with E-state index in [2.05, 4.69) is 0 Å². The first-order chi connectivity index (χ1) is 13.3. The topological polar surface area (TPSA) is 64.3 Å². The van der Waals surface area contributed by atoms with Crippen molar-refractivity contribution in [1.29, 1.82) is 0 Å². The van der Waals surface area contributed by atoms with Crippen LogP contribution in [0.15, 0.2) is 39.2 Å². The maximum absolute atomic E-state index is 13.6. The zero-order valence-electron chi connectivity index (χ0n) is 16.1. The monoisotopic (exact) mass is 403 g/mol. The first kappa shape index (κ1) is 20.0. The van der Waals surface area contributed by atoms with Gasteiger partial charge in [0.1, 0.15) is 17.1 Å². The Morgan fingerprint density at radius 3 is 2.68 bits per heavy atom. The van der Waals surface area contributed by atoms with Crippen LogP contribution >= 0.6 is 11.3 Å². The summed E-state index contributed by atoms with van der Waals surface area (Å²) < 4.78 is 16.3. The molecule has 3 rings (SSSR count). The number of carbonyl (C=O) groups is 1. The number of thiophene rings is 1. The van der Waals surface area contributed by atoms with Crippen molar-refractivity contribution in [2.24, 2.45) is 0 Å². The third kappa shape index (κ3) is 3.64. The number of rotatable bonds is 6. The van der Waals surface area contributed by atoms with E-state index in [0.29, 0.717) is 22.3 Å². The molecule has 28 heavy (non-hydrogen) atoms. The predicted molar refractivity (Wildman–Crippen MR) is 109 cm³/mol. The molecule has 0 N–H and O–H groups in total. The lowest BCUT2D eigenvalue weighted by Gasteiger charge is -2.18. The number of unbranched alkanes of at least 4 members (excludes halogenated alkanes) is 1. The summed E-state index contributed by atoms with van der Waals surface area (Å²) in [5.41, 5.74) is -0.0303. The number of carbonyl (C=O) groups excluding carboxylic acids is 1. The summed E-state index contributed by atoms with van der Waals surface area (Å²) in [4.78, 5) is 40.2. The van der Waals surface area contributed by atoms with Gasteiger partial charge < -0.3 is 4.90 Å². The van der Waals surface area contributed by atoms with E-state index in [0.717, 1.165) is 17.4 Å². The number of hydrogen-bond acceptors (Lipinski definition) is 4. The van der Waals surface area contributed by atoms with Crippen LogP contribution in [0, 0.1) is 12.7 Å². The molecule has 6 nitrogen and oxygen atoms in total. The maximum Gasteiger partial charge on any atom is 0.336 e. The Kier molecular flexibility index (Phi) is 5.79. The quantitative estimate of drug-likeness (QED) is 0.636.